The Labute approximate surface area is 138 Å². The Kier molecular flexibility index (Phi) is 5.52. The smallest absolute Gasteiger partial charge is 0.262 e. The van der Waals surface area contributed by atoms with Crippen molar-refractivity contribution in [1.29, 1.82) is 0 Å². The average molecular weight is 340 g/mol. The highest BCUT2D eigenvalue weighted by Gasteiger charge is 2.11. The first kappa shape index (κ1) is 16.5. The van der Waals surface area contributed by atoms with Crippen LogP contribution < -0.4 is 14.8 Å². The highest BCUT2D eigenvalue weighted by Crippen LogP contribution is 2.30. The molecule has 0 aromatic heterocycles. The van der Waals surface area contributed by atoms with Crippen LogP contribution in [0.1, 0.15) is 5.56 Å². The summed E-state index contributed by atoms with van der Waals surface area (Å²) in [5, 5.41) is 3.86. The van der Waals surface area contributed by atoms with Gasteiger partial charge < -0.3 is 14.8 Å². The summed E-state index contributed by atoms with van der Waals surface area (Å²) in [4.78, 5) is 12.0. The summed E-state index contributed by atoms with van der Waals surface area (Å²) >= 11 is 11.9. The number of anilines is 1. The van der Waals surface area contributed by atoms with Gasteiger partial charge in [0.25, 0.3) is 5.91 Å². The quantitative estimate of drug-likeness (QED) is 0.881. The number of aryl methyl sites for hydroxylation is 1. The molecule has 0 aliphatic carbocycles. The maximum absolute atomic E-state index is 12.0. The third-order valence-corrected chi connectivity index (χ3v) is 3.56. The second-order valence-electron chi connectivity index (χ2n) is 4.60. The Balaban J connectivity index is 2.01. The monoisotopic (exact) mass is 339 g/mol. The van der Waals surface area contributed by atoms with Crippen LogP contribution in [-0.4, -0.2) is 19.6 Å². The van der Waals surface area contributed by atoms with Crippen molar-refractivity contribution in [2.24, 2.45) is 0 Å². The molecule has 0 fully saturated rings. The lowest BCUT2D eigenvalue weighted by atomic mass is 10.2. The van der Waals surface area contributed by atoms with Crippen LogP contribution in [0.2, 0.25) is 10.0 Å². The third-order valence-electron chi connectivity index (χ3n) is 2.92. The largest absolute Gasteiger partial charge is 0.495 e. The van der Waals surface area contributed by atoms with Crippen LogP contribution >= 0.6 is 23.2 Å². The molecule has 2 aromatic rings. The number of ether oxygens (including phenoxy) is 2. The van der Waals surface area contributed by atoms with Crippen molar-refractivity contribution in [2.75, 3.05) is 19.0 Å². The SMILES string of the molecule is COc1cc(Cl)c(C)cc1NC(=O)COc1cccc(Cl)c1. The molecule has 2 aromatic carbocycles. The van der Waals surface area contributed by atoms with Crippen molar-refractivity contribution >= 4 is 34.8 Å². The highest BCUT2D eigenvalue weighted by molar-refractivity contribution is 6.31. The molecule has 0 aliphatic rings. The fraction of sp³-hybridized carbons (Fsp3) is 0.188. The molecule has 6 heteroatoms. The Bertz CT molecular complexity index is 689. The van der Waals surface area contributed by atoms with E-state index < -0.39 is 0 Å². The molecule has 0 bridgehead atoms. The fourth-order valence-electron chi connectivity index (χ4n) is 1.82. The van der Waals surface area contributed by atoms with Crippen LogP contribution in [0.25, 0.3) is 0 Å². The zero-order valence-electron chi connectivity index (χ0n) is 12.2. The Hall–Kier alpha value is -1.91. The number of methoxy groups -OCH3 is 1. The summed E-state index contributed by atoms with van der Waals surface area (Å²) in [6, 6.07) is 10.3. The van der Waals surface area contributed by atoms with E-state index in [0.717, 1.165) is 5.56 Å². The van der Waals surface area contributed by atoms with E-state index in [4.69, 9.17) is 32.7 Å². The predicted octanol–water partition coefficient (Wildman–Crippen LogP) is 4.33. The van der Waals surface area contributed by atoms with E-state index >= 15 is 0 Å². The lowest BCUT2D eigenvalue weighted by molar-refractivity contribution is -0.118. The summed E-state index contributed by atoms with van der Waals surface area (Å²) in [5.74, 6) is 0.716. The van der Waals surface area contributed by atoms with Gasteiger partial charge in [-0.15, -0.1) is 0 Å². The Morgan fingerprint density at radius 1 is 1.23 bits per heavy atom. The number of halogens is 2. The molecule has 1 N–H and O–H groups in total. The molecule has 22 heavy (non-hydrogen) atoms. The molecule has 0 saturated heterocycles. The first-order valence-corrected chi connectivity index (χ1v) is 7.27. The summed E-state index contributed by atoms with van der Waals surface area (Å²) in [5.41, 5.74) is 1.39. The Morgan fingerprint density at radius 3 is 2.68 bits per heavy atom. The highest BCUT2D eigenvalue weighted by atomic mass is 35.5. The lowest BCUT2D eigenvalue weighted by Gasteiger charge is -2.12. The zero-order valence-corrected chi connectivity index (χ0v) is 13.7. The molecular formula is C16H15Cl2NO3. The van der Waals surface area contributed by atoms with Gasteiger partial charge in [-0.1, -0.05) is 29.3 Å². The second kappa shape index (κ2) is 7.38. The van der Waals surface area contributed by atoms with Crippen molar-refractivity contribution in [2.45, 2.75) is 6.92 Å². The molecular weight excluding hydrogens is 325 g/mol. The average Bonchev–Trinajstić information content (AvgIpc) is 2.49. The van der Waals surface area contributed by atoms with Crippen LogP contribution in [0.3, 0.4) is 0 Å². The van der Waals surface area contributed by atoms with E-state index in [-0.39, 0.29) is 12.5 Å². The van der Waals surface area contributed by atoms with Crippen LogP contribution in [0.4, 0.5) is 5.69 Å². The topological polar surface area (TPSA) is 47.6 Å². The molecule has 0 spiro atoms. The zero-order chi connectivity index (χ0) is 16.1. The molecule has 0 radical (unpaired) electrons. The molecule has 0 heterocycles. The molecule has 0 unspecified atom stereocenters. The number of rotatable bonds is 5. The van der Waals surface area contributed by atoms with Crippen LogP contribution in [0.5, 0.6) is 11.5 Å². The minimum atomic E-state index is -0.306. The lowest BCUT2D eigenvalue weighted by Crippen LogP contribution is -2.20. The van der Waals surface area contributed by atoms with Crippen molar-refractivity contribution in [3.63, 3.8) is 0 Å². The van der Waals surface area contributed by atoms with Gasteiger partial charge in [0, 0.05) is 16.1 Å². The van der Waals surface area contributed by atoms with Gasteiger partial charge in [0.1, 0.15) is 11.5 Å². The minimum absolute atomic E-state index is 0.134. The maximum atomic E-state index is 12.0. The number of amides is 1. The molecule has 0 atom stereocenters. The van der Waals surface area contributed by atoms with E-state index in [1.54, 1.807) is 36.4 Å². The molecule has 2 rings (SSSR count). The van der Waals surface area contributed by atoms with Crippen molar-refractivity contribution in [3.05, 3.63) is 52.0 Å². The van der Waals surface area contributed by atoms with E-state index in [9.17, 15) is 4.79 Å². The van der Waals surface area contributed by atoms with Crippen LogP contribution in [0, 0.1) is 6.92 Å². The van der Waals surface area contributed by atoms with Crippen molar-refractivity contribution in [3.8, 4) is 11.5 Å². The molecule has 1 amide bonds. The molecule has 116 valence electrons. The minimum Gasteiger partial charge on any atom is -0.495 e. The van der Waals surface area contributed by atoms with Crippen molar-refractivity contribution in [1.82, 2.24) is 0 Å². The van der Waals surface area contributed by atoms with Crippen LogP contribution in [0.15, 0.2) is 36.4 Å². The van der Waals surface area contributed by atoms with Gasteiger partial charge in [-0.25, -0.2) is 0 Å². The Morgan fingerprint density at radius 2 is 2.00 bits per heavy atom. The van der Waals surface area contributed by atoms with E-state index in [0.29, 0.717) is 27.2 Å². The van der Waals surface area contributed by atoms with Gasteiger partial charge in [-0.05, 0) is 36.8 Å². The number of nitrogens with one attached hydrogen (secondary N) is 1. The number of benzene rings is 2. The van der Waals surface area contributed by atoms with Gasteiger partial charge >= 0.3 is 0 Å². The van der Waals surface area contributed by atoms with Crippen molar-refractivity contribution < 1.29 is 14.3 Å². The van der Waals surface area contributed by atoms with E-state index in [2.05, 4.69) is 5.32 Å². The molecule has 4 nitrogen and oxygen atoms in total. The number of hydrogen-bond acceptors (Lipinski definition) is 3. The number of carbonyl (C=O) groups excluding carboxylic acids is 1. The van der Waals surface area contributed by atoms with Gasteiger partial charge in [-0.3, -0.25) is 4.79 Å². The van der Waals surface area contributed by atoms with E-state index in [1.807, 2.05) is 6.92 Å². The fourth-order valence-corrected chi connectivity index (χ4v) is 2.16. The molecule has 0 aliphatic heterocycles. The summed E-state index contributed by atoms with van der Waals surface area (Å²) < 4.78 is 10.6. The van der Waals surface area contributed by atoms with Gasteiger partial charge in [0.05, 0.1) is 12.8 Å². The van der Waals surface area contributed by atoms with Gasteiger partial charge in [-0.2, -0.15) is 0 Å². The molecule has 0 saturated carbocycles. The first-order valence-electron chi connectivity index (χ1n) is 6.52. The predicted molar refractivity (Wildman–Crippen MR) is 88.3 cm³/mol. The number of carbonyl (C=O) groups is 1. The van der Waals surface area contributed by atoms with Crippen LogP contribution in [-0.2, 0) is 4.79 Å². The van der Waals surface area contributed by atoms with E-state index in [1.165, 1.54) is 7.11 Å². The third kappa shape index (κ3) is 4.29. The first-order chi connectivity index (χ1) is 10.5. The van der Waals surface area contributed by atoms with Gasteiger partial charge in [0.15, 0.2) is 6.61 Å². The standard InChI is InChI=1S/C16H15Cl2NO3/c1-10-6-14(15(21-2)8-13(10)18)19-16(20)9-22-12-5-3-4-11(17)7-12/h3-8H,9H2,1-2H3,(H,19,20). The van der Waals surface area contributed by atoms with Gasteiger partial charge in [0.2, 0.25) is 0 Å². The summed E-state index contributed by atoms with van der Waals surface area (Å²) in [6.07, 6.45) is 0. The summed E-state index contributed by atoms with van der Waals surface area (Å²) in [6.45, 7) is 1.71. The maximum Gasteiger partial charge on any atom is 0.262 e. The second-order valence-corrected chi connectivity index (χ2v) is 5.44. The number of hydrogen-bond donors (Lipinski definition) is 1. The summed E-state index contributed by atoms with van der Waals surface area (Å²) in [7, 11) is 1.51. The normalized spacial score (nSPS) is 10.2.